The van der Waals surface area contributed by atoms with Crippen LogP contribution in [0, 0.1) is 27.9 Å². The molecular weight excluding hydrogens is 434 g/mol. The van der Waals surface area contributed by atoms with Crippen LogP contribution in [-0.4, -0.2) is 32.7 Å². The number of hydrazine groups is 1. The third-order valence-electron chi connectivity index (χ3n) is 6.22. The average Bonchev–Trinajstić information content (AvgIpc) is 3.01. The summed E-state index contributed by atoms with van der Waals surface area (Å²) in [6, 6.07) is 12.1. The van der Waals surface area contributed by atoms with Crippen LogP contribution in [0.15, 0.2) is 48.5 Å². The molecule has 1 heterocycles. The fourth-order valence-electron chi connectivity index (χ4n) is 4.51. The molecule has 0 unspecified atom stereocenters. The number of nitrogens with zero attached hydrogens (tertiary/aromatic N) is 3. The maximum Gasteiger partial charge on any atom is 0.274 e. The Balaban J connectivity index is 1.71. The van der Waals surface area contributed by atoms with Gasteiger partial charge in [-0.05, 0) is 42.9 Å². The van der Waals surface area contributed by atoms with Crippen molar-refractivity contribution in [3.63, 3.8) is 0 Å². The van der Waals surface area contributed by atoms with Gasteiger partial charge in [0, 0.05) is 12.1 Å². The highest BCUT2D eigenvalue weighted by Crippen LogP contribution is 2.41. The van der Waals surface area contributed by atoms with Crippen molar-refractivity contribution < 1.29 is 19.3 Å². The van der Waals surface area contributed by atoms with Gasteiger partial charge >= 0.3 is 0 Å². The van der Waals surface area contributed by atoms with Crippen molar-refractivity contribution in [3.05, 3.63) is 74.8 Å². The number of fused-ring (bicyclic) bond motifs is 1. The van der Waals surface area contributed by atoms with Crippen LogP contribution in [0.5, 0.6) is 0 Å². The molecule has 2 aromatic carbocycles. The van der Waals surface area contributed by atoms with E-state index in [1.165, 1.54) is 30.3 Å². The zero-order valence-electron chi connectivity index (χ0n) is 17.4. The molecule has 1 aliphatic heterocycles. The van der Waals surface area contributed by atoms with Crippen LogP contribution in [0.1, 0.15) is 42.1 Å². The van der Waals surface area contributed by atoms with Crippen LogP contribution in [-0.2, 0) is 16.1 Å². The Bertz CT molecular complexity index is 1090. The minimum absolute atomic E-state index is 0.0916. The van der Waals surface area contributed by atoms with Crippen molar-refractivity contribution >= 4 is 35.0 Å². The molecule has 0 bridgehead atoms. The monoisotopic (exact) mass is 455 g/mol. The van der Waals surface area contributed by atoms with Gasteiger partial charge in [0.15, 0.2) is 0 Å². The number of hydrogen-bond acceptors (Lipinski definition) is 5. The van der Waals surface area contributed by atoms with E-state index in [0.717, 1.165) is 16.4 Å². The molecule has 2 aromatic rings. The molecule has 32 heavy (non-hydrogen) atoms. The number of non-ortho nitro benzene ring substituents is 1. The van der Waals surface area contributed by atoms with Crippen LogP contribution >= 0.6 is 11.6 Å². The van der Waals surface area contributed by atoms with Crippen LogP contribution in [0.25, 0.3) is 0 Å². The number of amides is 3. The molecule has 2 aliphatic rings. The van der Waals surface area contributed by atoms with Gasteiger partial charge in [0.1, 0.15) is 0 Å². The van der Waals surface area contributed by atoms with E-state index >= 15 is 0 Å². The predicted octanol–water partition coefficient (Wildman–Crippen LogP) is 4.23. The molecule has 3 atom stereocenters. The van der Waals surface area contributed by atoms with Gasteiger partial charge in [0.2, 0.25) is 0 Å². The summed E-state index contributed by atoms with van der Waals surface area (Å²) in [7, 11) is 0. The van der Waals surface area contributed by atoms with Crippen LogP contribution in [0.4, 0.5) is 5.69 Å². The molecule has 1 saturated heterocycles. The van der Waals surface area contributed by atoms with Gasteiger partial charge in [-0.25, -0.2) is 5.01 Å². The van der Waals surface area contributed by atoms with Gasteiger partial charge in [-0.3, -0.25) is 24.5 Å². The highest BCUT2D eigenvalue weighted by atomic mass is 35.5. The largest absolute Gasteiger partial charge is 0.274 e. The molecule has 2 fully saturated rings. The molecular formula is C23H22ClN3O5. The lowest BCUT2D eigenvalue weighted by Gasteiger charge is -2.31. The Kier molecular flexibility index (Phi) is 5.97. The molecule has 4 rings (SSSR count). The Hall–Kier alpha value is -3.26. The molecule has 1 aliphatic carbocycles. The summed E-state index contributed by atoms with van der Waals surface area (Å²) in [6.07, 6.45) is 2.07. The molecule has 0 spiro atoms. The topological polar surface area (TPSA) is 101 Å². The zero-order chi connectivity index (χ0) is 23.0. The minimum Gasteiger partial charge on any atom is -0.272 e. The predicted molar refractivity (Wildman–Crippen MR) is 116 cm³/mol. The Labute approximate surface area is 189 Å². The first kappa shape index (κ1) is 22.0. The summed E-state index contributed by atoms with van der Waals surface area (Å²) in [6.45, 7) is 1.95. The Morgan fingerprint density at radius 1 is 1.09 bits per heavy atom. The van der Waals surface area contributed by atoms with E-state index in [-0.39, 0.29) is 34.6 Å². The summed E-state index contributed by atoms with van der Waals surface area (Å²) in [5.74, 6) is -1.89. The summed E-state index contributed by atoms with van der Waals surface area (Å²) < 4.78 is 0. The molecule has 0 aromatic heterocycles. The van der Waals surface area contributed by atoms with E-state index in [0.29, 0.717) is 24.3 Å². The highest BCUT2D eigenvalue weighted by Gasteiger charge is 2.52. The molecule has 3 amide bonds. The first-order valence-corrected chi connectivity index (χ1v) is 10.8. The number of hydrogen-bond donors (Lipinski definition) is 0. The van der Waals surface area contributed by atoms with Gasteiger partial charge in [0.25, 0.3) is 23.4 Å². The smallest absolute Gasteiger partial charge is 0.272 e. The lowest BCUT2D eigenvalue weighted by molar-refractivity contribution is -0.384. The van der Waals surface area contributed by atoms with Gasteiger partial charge in [-0.1, -0.05) is 42.8 Å². The zero-order valence-corrected chi connectivity index (χ0v) is 18.2. The van der Waals surface area contributed by atoms with Crippen molar-refractivity contribution in [3.8, 4) is 0 Å². The van der Waals surface area contributed by atoms with E-state index in [9.17, 15) is 24.5 Å². The van der Waals surface area contributed by atoms with Gasteiger partial charge in [-0.15, -0.1) is 0 Å². The highest BCUT2D eigenvalue weighted by molar-refractivity contribution is 6.33. The third kappa shape index (κ3) is 3.98. The van der Waals surface area contributed by atoms with Crippen molar-refractivity contribution in [2.24, 2.45) is 17.8 Å². The summed E-state index contributed by atoms with van der Waals surface area (Å²) in [4.78, 5) is 50.4. The first-order chi connectivity index (χ1) is 15.3. The fourth-order valence-corrected chi connectivity index (χ4v) is 4.73. The van der Waals surface area contributed by atoms with E-state index in [1.807, 2.05) is 0 Å². The number of imide groups is 1. The second-order valence-corrected chi connectivity index (χ2v) is 8.79. The molecule has 8 nitrogen and oxygen atoms in total. The number of nitro benzene ring substituents is 1. The second kappa shape index (κ2) is 8.70. The van der Waals surface area contributed by atoms with Crippen molar-refractivity contribution in [2.45, 2.75) is 32.7 Å². The number of rotatable bonds is 5. The van der Waals surface area contributed by atoms with Crippen LogP contribution < -0.4 is 0 Å². The van der Waals surface area contributed by atoms with E-state index in [1.54, 1.807) is 18.2 Å². The number of benzene rings is 2. The van der Waals surface area contributed by atoms with Gasteiger partial charge in [-0.2, -0.15) is 5.01 Å². The SMILES string of the molecule is C[C@@H]1CC[C@@H]2C(=O)N(N(Cc3ccc([N+](=O)[O-])cc3)C(=O)c3ccccc3Cl)C(=O)[C@@H]2C1. The first-order valence-electron chi connectivity index (χ1n) is 10.5. The summed E-state index contributed by atoms with van der Waals surface area (Å²) in [5, 5.41) is 13.3. The second-order valence-electron chi connectivity index (χ2n) is 8.39. The van der Waals surface area contributed by atoms with Crippen molar-refractivity contribution in [1.29, 1.82) is 0 Å². The maximum atomic E-state index is 13.5. The third-order valence-corrected chi connectivity index (χ3v) is 6.55. The number of carbonyl (C=O) groups excluding carboxylic acids is 3. The fraction of sp³-hybridized carbons (Fsp3) is 0.348. The Morgan fingerprint density at radius 2 is 1.75 bits per heavy atom. The van der Waals surface area contributed by atoms with E-state index in [4.69, 9.17) is 11.6 Å². The molecule has 0 radical (unpaired) electrons. The lowest BCUT2D eigenvalue weighted by Crippen LogP contribution is -2.49. The number of halogens is 1. The summed E-state index contributed by atoms with van der Waals surface area (Å²) >= 11 is 6.23. The van der Waals surface area contributed by atoms with Crippen molar-refractivity contribution in [1.82, 2.24) is 10.0 Å². The van der Waals surface area contributed by atoms with Crippen LogP contribution in [0.2, 0.25) is 5.02 Å². The van der Waals surface area contributed by atoms with Crippen molar-refractivity contribution in [2.75, 3.05) is 0 Å². The molecule has 0 N–H and O–H groups in total. The average molecular weight is 456 g/mol. The Morgan fingerprint density at radius 3 is 2.41 bits per heavy atom. The van der Waals surface area contributed by atoms with Gasteiger partial charge in [0.05, 0.1) is 33.9 Å². The number of nitro groups is 1. The van der Waals surface area contributed by atoms with Gasteiger partial charge < -0.3 is 0 Å². The number of carbonyl (C=O) groups is 3. The minimum atomic E-state index is -0.581. The molecule has 1 saturated carbocycles. The lowest BCUT2D eigenvalue weighted by atomic mass is 9.76. The molecule has 166 valence electrons. The van der Waals surface area contributed by atoms with E-state index in [2.05, 4.69) is 6.92 Å². The standard InChI is InChI=1S/C23H22ClN3O5/c1-14-6-11-17-19(12-14)23(30)26(22(17)29)25(21(28)18-4-2-3-5-20(18)24)13-15-7-9-16(10-8-15)27(31)32/h2-5,7-10,14,17,19H,6,11-13H2,1H3/t14-,17+,19-/m1/s1. The maximum absolute atomic E-state index is 13.5. The quantitative estimate of drug-likeness (QED) is 0.381. The summed E-state index contributed by atoms with van der Waals surface area (Å²) in [5.41, 5.74) is 0.617. The molecule has 9 heteroatoms. The van der Waals surface area contributed by atoms with E-state index < -0.39 is 22.7 Å². The van der Waals surface area contributed by atoms with Crippen LogP contribution in [0.3, 0.4) is 0 Å². The normalized spacial score (nSPS) is 22.6.